The SMILES string of the molecule is CC/C=C\C/C=C\C/C=C\C/C=C\C/C=C\C/C=C\CCCCCCC(=O)OC(COC(=O)CCCCCCCCCCCCCCCCCCC/C=C\C/C=C\C/C=C\C/C=C\C/C=C\CC)COC(OCC[N+](C)(C)C)C(=O)[O-]. The molecule has 9 nitrogen and oxygen atoms in total. The van der Waals surface area contributed by atoms with Gasteiger partial charge in [-0.2, -0.15) is 0 Å². The quantitative estimate of drug-likeness (QED) is 0.0195. The monoisotopic (exact) mass is 1130 g/mol. The van der Waals surface area contributed by atoms with E-state index in [0.29, 0.717) is 17.4 Å². The molecule has 0 bridgehead atoms. The third kappa shape index (κ3) is 62.9. The van der Waals surface area contributed by atoms with Gasteiger partial charge < -0.3 is 33.3 Å². The Bertz CT molecular complexity index is 1790. The Morgan fingerprint density at radius 3 is 0.988 bits per heavy atom. The topological polar surface area (TPSA) is 111 Å². The highest BCUT2D eigenvalue weighted by Crippen LogP contribution is 2.16. The first-order valence-electron chi connectivity index (χ1n) is 32.3. The van der Waals surface area contributed by atoms with Gasteiger partial charge in [-0.15, -0.1) is 0 Å². The minimum Gasteiger partial charge on any atom is -0.545 e. The number of rotatable bonds is 58. The molecule has 0 aliphatic rings. The van der Waals surface area contributed by atoms with Crippen molar-refractivity contribution < 1.29 is 42.9 Å². The number of likely N-dealkylation sites (N-methyl/N-ethyl adjacent to an activating group) is 1. The fraction of sp³-hybridized carbons (Fsp3) is 0.653. The molecule has 0 N–H and O–H groups in total. The lowest BCUT2D eigenvalue weighted by molar-refractivity contribution is -0.870. The number of nitrogens with zero attached hydrogens (tertiary/aromatic N) is 1. The molecule has 0 aromatic rings. The largest absolute Gasteiger partial charge is 0.545 e. The maximum absolute atomic E-state index is 12.9. The molecule has 0 spiro atoms. The molecule has 2 atom stereocenters. The Hall–Kier alpha value is -4.57. The number of carboxylic acid groups (broad SMARTS) is 1. The second kappa shape index (κ2) is 61.5. The van der Waals surface area contributed by atoms with Crippen LogP contribution in [0.3, 0.4) is 0 Å². The molecule has 0 amide bonds. The van der Waals surface area contributed by atoms with Gasteiger partial charge in [0.2, 0.25) is 0 Å². The molecule has 0 aliphatic carbocycles. The number of ether oxygens (including phenoxy) is 4. The molecule has 0 heterocycles. The standard InChI is InChI=1S/C72H119NO8/c1-6-8-10-12-14-16-18-20-22-24-26-28-30-31-32-33-34-35-36-37-38-39-41-42-44-46-48-50-52-54-56-58-60-62-69(74)79-66-68(67-80-72(71(76)77)78-65-64-73(3,4)5)81-70(75)63-61-59-57-55-53-51-49-47-45-43-40-29-27-25-23-21-19-17-15-13-11-9-7-2/h8-11,14-17,20-23,26-29,31-32,43,45,49,51,68,72H,6-7,12-13,18-19,24-25,30,33-42,44,46-48,50,52-67H2,1-5H3/b10-8-,11-9-,16-14-,17-15-,22-20-,23-21-,28-26-,29-27-,32-31-,45-43-,51-49-. The molecule has 0 radical (unpaired) electrons. The minimum atomic E-state index is -1.64. The predicted molar refractivity (Wildman–Crippen MR) is 343 cm³/mol. The van der Waals surface area contributed by atoms with Gasteiger partial charge in [-0.1, -0.05) is 257 Å². The second-order valence-electron chi connectivity index (χ2n) is 22.3. The van der Waals surface area contributed by atoms with Crippen molar-refractivity contribution in [3.05, 3.63) is 134 Å². The Morgan fingerprint density at radius 1 is 0.370 bits per heavy atom. The second-order valence-corrected chi connectivity index (χ2v) is 22.3. The molecule has 81 heavy (non-hydrogen) atoms. The van der Waals surface area contributed by atoms with Gasteiger partial charge in [0, 0.05) is 12.8 Å². The summed E-state index contributed by atoms with van der Waals surface area (Å²) < 4.78 is 22.7. The average Bonchev–Trinajstić information content (AvgIpc) is 3.44. The average molecular weight is 1130 g/mol. The van der Waals surface area contributed by atoms with Crippen LogP contribution in [0, 0.1) is 0 Å². The molecule has 0 aliphatic heterocycles. The van der Waals surface area contributed by atoms with E-state index in [1.165, 1.54) is 96.3 Å². The van der Waals surface area contributed by atoms with E-state index in [4.69, 9.17) is 18.9 Å². The van der Waals surface area contributed by atoms with Gasteiger partial charge in [0.05, 0.1) is 40.3 Å². The minimum absolute atomic E-state index is 0.136. The summed E-state index contributed by atoms with van der Waals surface area (Å²) in [7, 11) is 5.91. The number of carbonyl (C=O) groups is 3. The molecule has 0 aromatic heterocycles. The summed E-state index contributed by atoms with van der Waals surface area (Å²) in [6, 6.07) is 0. The fourth-order valence-electron chi connectivity index (χ4n) is 8.51. The molecule has 9 heteroatoms. The number of quaternary nitrogens is 1. The number of hydrogen-bond acceptors (Lipinski definition) is 8. The van der Waals surface area contributed by atoms with E-state index in [0.717, 1.165) is 116 Å². The zero-order chi connectivity index (χ0) is 59.1. The lowest BCUT2D eigenvalue weighted by atomic mass is 10.0. The molecule has 0 aromatic carbocycles. The number of carboxylic acids is 1. The number of carbonyl (C=O) groups excluding carboxylic acids is 3. The molecule has 0 rings (SSSR count). The molecule has 0 saturated carbocycles. The summed E-state index contributed by atoms with van der Waals surface area (Å²) in [4.78, 5) is 37.4. The number of allylic oxidation sites excluding steroid dienone is 22. The van der Waals surface area contributed by atoms with Crippen LogP contribution in [0.2, 0.25) is 0 Å². The number of esters is 2. The number of unbranched alkanes of at least 4 members (excludes halogenated alkanes) is 21. The first-order valence-corrected chi connectivity index (χ1v) is 32.3. The van der Waals surface area contributed by atoms with Gasteiger partial charge in [0.15, 0.2) is 12.4 Å². The Morgan fingerprint density at radius 2 is 0.667 bits per heavy atom. The van der Waals surface area contributed by atoms with Gasteiger partial charge in [-0.3, -0.25) is 9.59 Å². The summed E-state index contributed by atoms with van der Waals surface area (Å²) in [5.74, 6) is -2.32. The molecular weight excluding hydrogens is 1010 g/mol. The van der Waals surface area contributed by atoms with Crippen LogP contribution in [0.15, 0.2) is 134 Å². The highest BCUT2D eigenvalue weighted by molar-refractivity contribution is 5.70. The highest BCUT2D eigenvalue weighted by atomic mass is 16.7. The normalized spacial score (nSPS) is 13.6. The van der Waals surface area contributed by atoms with Crippen LogP contribution in [0.5, 0.6) is 0 Å². The maximum Gasteiger partial charge on any atom is 0.306 e. The van der Waals surface area contributed by atoms with Crippen LogP contribution in [-0.4, -0.2) is 82.3 Å². The van der Waals surface area contributed by atoms with E-state index >= 15 is 0 Å². The lowest BCUT2D eigenvalue weighted by Crippen LogP contribution is -2.44. The van der Waals surface area contributed by atoms with Crippen molar-refractivity contribution >= 4 is 17.9 Å². The van der Waals surface area contributed by atoms with Crippen molar-refractivity contribution in [1.82, 2.24) is 0 Å². The van der Waals surface area contributed by atoms with Crippen molar-refractivity contribution in [2.75, 3.05) is 47.5 Å². The Kier molecular flexibility index (Phi) is 58.0. The Balaban J connectivity index is 4.19. The summed E-state index contributed by atoms with van der Waals surface area (Å²) in [5.41, 5.74) is 0. The number of hydrogen-bond donors (Lipinski definition) is 0. The molecule has 0 saturated heterocycles. The smallest absolute Gasteiger partial charge is 0.306 e. The predicted octanol–water partition coefficient (Wildman–Crippen LogP) is 18.5. The van der Waals surface area contributed by atoms with Gasteiger partial charge in [0.1, 0.15) is 13.2 Å². The lowest BCUT2D eigenvalue weighted by Gasteiger charge is -2.26. The van der Waals surface area contributed by atoms with E-state index in [2.05, 4.69) is 148 Å². The molecule has 0 fully saturated rings. The molecular formula is C72H119NO8. The van der Waals surface area contributed by atoms with Crippen LogP contribution in [-0.2, 0) is 33.3 Å². The van der Waals surface area contributed by atoms with Crippen LogP contribution in [0.1, 0.15) is 245 Å². The van der Waals surface area contributed by atoms with E-state index in [1.807, 2.05) is 21.1 Å². The van der Waals surface area contributed by atoms with Crippen LogP contribution >= 0.6 is 0 Å². The van der Waals surface area contributed by atoms with Crippen LogP contribution in [0.4, 0.5) is 0 Å². The number of aliphatic carboxylic acids is 1. The summed E-state index contributed by atoms with van der Waals surface area (Å²) in [5, 5.41) is 11.8. The molecule has 2 unspecified atom stereocenters. The van der Waals surface area contributed by atoms with E-state index in [-0.39, 0.29) is 38.6 Å². The maximum atomic E-state index is 12.9. The third-order valence-corrected chi connectivity index (χ3v) is 13.4. The first-order chi connectivity index (χ1) is 39.6. The van der Waals surface area contributed by atoms with E-state index < -0.39 is 24.3 Å². The summed E-state index contributed by atoms with van der Waals surface area (Å²) in [6.45, 7) is 4.49. The summed E-state index contributed by atoms with van der Waals surface area (Å²) in [6.07, 6.45) is 85.2. The van der Waals surface area contributed by atoms with Crippen molar-refractivity contribution in [2.45, 2.75) is 257 Å². The van der Waals surface area contributed by atoms with E-state index in [9.17, 15) is 19.5 Å². The molecule has 460 valence electrons. The zero-order valence-corrected chi connectivity index (χ0v) is 52.4. The van der Waals surface area contributed by atoms with Gasteiger partial charge >= 0.3 is 11.9 Å². The van der Waals surface area contributed by atoms with Crippen molar-refractivity contribution in [3.63, 3.8) is 0 Å². The van der Waals surface area contributed by atoms with Crippen molar-refractivity contribution in [2.24, 2.45) is 0 Å². The van der Waals surface area contributed by atoms with Crippen molar-refractivity contribution in [1.29, 1.82) is 0 Å². The van der Waals surface area contributed by atoms with Crippen LogP contribution < -0.4 is 5.11 Å². The van der Waals surface area contributed by atoms with Crippen molar-refractivity contribution in [3.8, 4) is 0 Å². The third-order valence-electron chi connectivity index (χ3n) is 13.4. The van der Waals surface area contributed by atoms with Gasteiger partial charge in [-0.05, 0) is 109 Å². The van der Waals surface area contributed by atoms with E-state index in [1.54, 1.807) is 0 Å². The zero-order valence-electron chi connectivity index (χ0n) is 52.4. The summed E-state index contributed by atoms with van der Waals surface area (Å²) >= 11 is 0. The first kappa shape index (κ1) is 76.4. The Labute approximate surface area is 497 Å². The highest BCUT2D eigenvalue weighted by Gasteiger charge is 2.22. The van der Waals surface area contributed by atoms with Crippen LogP contribution in [0.25, 0.3) is 0 Å². The van der Waals surface area contributed by atoms with Gasteiger partial charge in [-0.25, -0.2) is 0 Å². The fourth-order valence-corrected chi connectivity index (χ4v) is 8.51. The van der Waals surface area contributed by atoms with Gasteiger partial charge in [0.25, 0.3) is 0 Å².